The van der Waals surface area contributed by atoms with Crippen molar-refractivity contribution in [2.75, 3.05) is 13.2 Å². The third-order valence-corrected chi connectivity index (χ3v) is 8.66. The van der Waals surface area contributed by atoms with Gasteiger partial charge in [-0.3, -0.25) is 4.57 Å². The van der Waals surface area contributed by atoms with Crippen molar-refractivity contribution in [3.8, 4) is 0 Å². The van der Waals surface area contributed by atoms with E-state index in [9.17, 15) is 4.57 Å². The summed E-state index contributed by atoms with van der Waals surface area (Å²) < 4.78 is 28.9. The van der Waals surface area contributed by atoms with Gasteiger partial charge in [-0.2, -0.15) is 0 Å². The molecule has 130 valence electrons. The summed E-state index contributed by atoms with van der Waals surface area (Å²) in [6.45, 7) is 4.46. The van der Waals surface area contributed by atoms with Gasteiger partial charge >= 0.3 is 7.60 Å². The maximum Gasteiger partial charge on any atom is 0.335 e. The van der Waals surface area contributed by atoms with Crippen LogP contribution in [0, 0.1) is 0 Å². The molecule has 0 bridgehead atoms. The van der Waals surface area contributed by atoms with Gasteiger partial charge in [-0.05, 0) is 31.5 Å². The molecular weight excluding hydrogens is 371 g/mol. The average molecular weight is 390 g/mol. The molecule has 0 aliphatic rings. The second-order valence-electron chi connectivity index (χ2n) is 5.79. The second-order valence-corrected chi connectivity index (χ2v) is 9.95. The van der Waals surface area contributed by atoms with E-state index in [-0.39, 0.29) is 0 Å². The van der Waals surface area contributed by atoms with Crippen LogP contribution < -0.4 is 0 Å². The highest BCUT2D eigenvalue weighted by Crippen LogP contribution is 2.52. The normalized spacial score (nSPS) is 12.6. The van der Waals surface area contributed by atoms with Gasteiger partial charge in [-0.25, -0.2) is 0 Å². The highest BCUT2D eigenvalue weighted by molar-refractivity contribution is 7.53. The van der Waals surface area contributed by atoms with E-state index in [1.807, 2.05) is 31.3 Å². The molecule has 3 nitrogen and oxygen atoms in total. The standard InChI is InChI=1S/C19H19O3PS2/c1-3-21-23(20,22-4-2)12-13-9-10-15-17(11-13)25-18-14-7-5-6-8-16(14)24-19(15)18/h5-11H,3-4,12H2,1-2H3. The Morgan fingerprint density at radius 2 is 1.52 bits per heavy atom. The molecule has 2 aromatic carbocycles. The first-order valence-corrected chi connectivity index (χ1v) is 11.7. The molecule has 0 aliphatic carbocycles. The van der Waals surface area contributed by atoms with Crippen LogP contribution >= 0.6 is 30.3 Å². The first-order chi connectivity index (χ1) is 12.1. The third kappa shape index (κ3) is 3.16. The van der Waals surface area contributed by atoms with E-state index in [0.29, 0.717) is 19.4 Å². The van der Waals surface area contributed by atoms with Crippen molar-refractivity contribution in [1.82, 2.24) is 0 Å². The minimum Gasteiger partial charge on any atom is -0.309 e. The second kappa shape index (κ2) is 6.82. The highest BCUT2D eigenvalue weighted by Gasteiger charge is 2.24. The van der Waals surface area contributed by atoms with E-state index in [0.717, 1.165) is 5.56 Å². The molecule has 0 fully saturated rings. The van der Waals surface area contributed by atoms with Crippen LogP contribution in [-0.2, 0) is 19.8 Å². The van der Waals surface area contributed by atoms with Crippen molar-refractivity contribution in [1.29, 1.82) is 0 Å². The number of hydrogen-bond donors (Lipinski definition) is 0. The van der Waals surface area contributed by atoms with Gasteiger partial charge in [0.05, 0.1) is 28.8 Å². The lowest BCUT2D eigenvalue weighted by atomic mass is 10.2. The largest absolute Gasteiger partial charge is 0.335 e. The Labute approximate surface area is 154 Å². The molecule has 0 aliphatic heterocycles. The first-order valence-electron chi connectivity index (χ1n) is 8.34. The van der Waals surface area contributed by atoms with Crippen LogP contribution in [0.5, 0.6) is 0 Å². The molecule has 4 aromatic rings. The summed E-state index contributed by atoms with van der Waals surface area (Å²) in [6.07, 6.45) is 0.316. The summed E-state index contributed by atoms with van der Waals surface area (Å²) in [7, 11) is -3.07. The Bertz CT molecular complexity index is 1090. The summed E-state index contributed by atoms with van der Waals surface area (Å²) in [6, 6.07) is 14.8. The number of rotatable bonds is 6. The van der Waals surface area contributed by atoms with Gasteiger partial charge in [0.15, 0.2) is 0 Å². The van der Waals surface area contributed by atoms with Gasteiger partial charge < -0.3 is 9.05 Å². The molecule has 0 amide bonds. The molecule has 0 unspecified atom stereocenters. The van der Waals surface area contributed by atoms with Crippen molar-refractivity contribution in [3.05, 3.63) is 48.0 Å². The molecular formula is C19H19O3PS2. The van der Waals surface area contributed by atoms with E-state index < -0.39 is 7.60 Å². The fraction of sp³-hybridized carbons (Fsp3) is 0.263. The highest BCUT2D eigenvalue weighted by atomic mass is 32.1. The van der Waals surface area contributed by atoms with Gasteiger partial charge in [0.1, 0.15) is 0 Å². The molecule has 0 saturated heterocycles. The van der Waals surface area contributed by atoms with Crippen LogP contribution in [0.25, 0.3) is 29.6 Å². The Balaban J connectivity index is 1.77. The van der Waals surface area contributed by atoms with Gasteiger partial charge in [0.2, 0.25) is 0 Å². The molecule has 2 heterocycles. The third-order valence-electron chi connectivity index (χ3n) is 4.08. The summed E-state index contributed by atoms with van der Waals surface area (Å²) in [5, 5.41) is 2.59. The minimum atomic E-state index is -3.07. The number of thiophene rings is 2. The Morgan fingerprint density at radius 1 is 0.880 bits per heavy atom. The van der Waals surface area contributed by atoms with Crippen molar-refractivity contribution in [2.24, 2.45) is 0 Å². The predicted octanol–water partition coefficient (Wildman–Crippen LogP) is 7.04. The quantitative estimate of drug-likeness (QED) is 0.331. The average Bonchev–Trinajstić information content (AvgIpc) is 3.10. The van der Waals surface area contributed by atoms with Gasteiger partial charge in [-0.1, -0.05) is 30.3 Å². The van der Waals surface area contributed by atoms with Crippen molar-refractivity contribution < 1.29 is 13.6 Å². The maximum absolute atomic E-state index is 12.8. The molecule has 0 N–H and O–H groups in total. The van der Waals surface area contributed by atoms with Crippen LogP contribution in [0.15, 0.2) is 42.5 Å². The van der Waals surface area contributed by atoms with Crippen LogP contribution in [0.3, 0.4) is 0 Å². The summed E-state index contributed by atoms with van der Waals surface area (Å²) in [4.78, 5) is 0. The monoisotopic (exact) mass is 390 g/mol. The van der Waals surface area contributed by atoms with E-state index in [2.05, 4.69) is 36.4 Å². The Morgan fingerprint density at radius 3 is 2.24 bits per heavy atom. The predicted molar refractivity (Wildman–Crippen MR) is 109 cm³/mol. The lowest BCUT2D eigenvalue weighted by molar-refractivity contribution is 0.219. The minimum absolute atomic E-state index is 0.316. The van der Waals surface area contributed by atoms with Crippen molar-refractivity contribution >= 4 is 59.8 Å². The lowest BCUT2D eigenvalue weighted by Gasteiger charge is -2.16. The number of hydrogen-bond acceptors (Lipinski definition) is 5. The maximum atomic E-state index is 12.8. The zero-order valence-electron chi connectivity index (χ0n) is 14.2. The molecule has 2 aromatic heterocycles. The number of fused-ring (bicyclic) bond motifs is 5. The van der Waals surface area contributed by atoms with Gasteiger partial charge in [0.25, 0.3) is 0 Å². The molecule has 25 heavy (non-hydrogen) atoms. The van der Waals surface area contributed by atoms with Crippen LogP contribution in [0.4, 0.5) is 0 Å². The van der Waals surface area contributed by atoms with Gasteiger partial charge in [-0.15, -0.1) is 22.7 Å². The molecule has 4 rings (SSSR count). The topological polar surface area (TPSA) is 35.5 Å². The number of benzene rings is 2. The summed E-state index contributed by atoms with van der Waals surface area (Å²) in [5.41, 5.74) is 0.996. The van der Waals surface area contributed by atoms with E-state index in [1.165, 1.54) is 29.6 Å². The fourth-order valence-electron chi connectivity index (χ4n) is 3.09. The zero-order valence-corrected chi connectivity index (χ0v) is 16.7. The molecule has 0 saturated carbocycles. The van der Waals surface area contributed by atoms with Crippen LogP contribution in [-0.4, -0.2) is 13.2 Å². The molecule has 0 spiro atoms. The molecule has 6 heteroatoms. The fourth-order valence-corrected chi connectivity index (χ4v) is 7.50. The molecule has 0 atom stereocenters. The van der Waals surface area contributed by atoms with Crippen LogP contribution in [0.2, 0.25) is 0 Å². The van der Waals surface area contributed by atoms with Crippen molar-refractivity contribution in [3.63, 3.8) is 0 Å². The summed E-state index contributed by atoms with van der Waals surface area (Å²) in [5.74, 6) is 0. The van der Waals surface area contributed by atoms with Crippen LogP contribution in [0.1, 0.15) is 19.4 Å². The Hall–Kier alpha value is -1.23. The zero-order chi connectivity index (χ0) is 17.4. The van der Waals surface area contributed by atoms with E-state index >= 15 is 0 Å². The Kier molecular flexibility index (Phi) is 4.69. The smallest absolute Gasteiger partial charge is 0.309 e. The van der Waals surface area contributed by atoms with Gasteiger partial charge in [0, 0.05) is 20.2 Å². The first kappa shape index (κ1) is 17.2. The summed E-state index contributed by atoms with van der Waals surface area (Å²) >= 11 is 3.64. The van der Waals surface area contributed by atoms with E-state index in [4.69, 9.17) is 9.05 Å². The van der Waals surface area contributed by atoms with Crippen molar-refractivity contribution in [2.45, 2.75) is 20.0 Å². The lowest BCUT2D eigenvalue weighted by Crippen LogP contribution is -1.98. The molecule has 0 radical (unpaired) electrons. The van der Waals surface area contributed by atoms with E-state index in [1.54, 1.807) is 11.3 Å². The SMILES string of the molecule is CCOP(=O)(Cc1ccc2c(c1)sc1c3ccccc3sc21)OCC.